The van der Waals surface area contributed by atoms with Crippen molar-refractivity contribution in [2.75, 3.05) is 13.1 Å². The van der Waals surface area contributed by atoms with Gasteiger partial charge in [0.15, 0.2) is 0 Å². The Hall–Kier alpha value is -1.89. The van der Waals surface area contributed by atoms with E-state index in [1.165, 1.54) is 4.31 Å². The first-order valence-corrected chi connectivity index (χ1v) is 9.38. The molecule has 2 atom stereocenters. The molecule has 0 saturated carbocycles. The molecule has 0 unspecified atom stereocenters. The monoisotopic (exact) mass is 347 g/mol. The third kappa shape index (κ3) is 3.77. The van der Waals surface area contributed by atoms with Crippen LogP contribution >= 0.6 is 0 Å². The minimum atomic E-state index is -3.52. The standard InChI is InChI=1S/C18H21NO4S/c1-14-12-19(13-15(2)22-14)24(20,21)18-10-8-17(9-11-18)23-16-6-4-3-5-7-16/h3-11,14-15H,12-13H2,1-2H3/t14-,15-/m0/s1. The highest BCUT2D eigenvalue weighted by Crippen LogP contribution is 2.25. The number of ether oxygens (including phenoxy) is 2. The zero-order chi connectivity index (χ0) is 17.2. The molecule has 128 valence electrons. The van der Waals surface area contributed by atoms with Crippen LogP contribution in [0.5, 0.6) is 11.5 Å². The van der Waals surface area contributed by atoms with E-state index in [9.17, 15) is 8.42 Å². The van der Waals surface area contributed by atoms with Gasteiger partial charge in [0.05, 0.1) is 17.1 Å². The van der Waals surface area contributed by atoms with Gasteiger partial charge in [-0.05, 0) is 50.2 Å². The summed E-state index contributed by atoms with van der Waals surface area (Å²) in [6, 6.07) is 15.9. The van der Waals surface area contributed by atoms with Crippen LogP contribution in [-0.4, -0.2) is 38.0 Å². The van der Waals surface area contributed by atoms with E-state index in [2.05, 4.69) is 0 Å². The molecule has 0 spiro atoms. The molecular formula is C18H21NO4S. The summed E-state index contributed by atoms with van der Waals surface area (Å²) < 4.78 is 38.3. The largest absolute Gasteiger partial charge is 0.457 e. The Bertz CT molecular complexity index is 764. The van der Waals surface area contributed by atoms with Crippen molar-refractivity contribution in [1.29, 1.82) is 0 Å². The highest BCUT2D eigenvalue weighted by atomic mass is 32.2. The molecule has 2 aromatic carbocycles. The molecule has 1 saturated heterocycles. The highest BCUT2D eigenvalue weighted by Gasteiger charge is 2.32. The lowest BCUT2D eigenvalue weighted by molar-refractivity contribution is -0.0440. The number of para-hydroxylation sites is 1. The average Bonchev–Trinajstić information content (AvgIpc) is 2.55. The van der Waals surface area contributed by atoms with Gasteiger partial charge < -0.3 is 9.47 Å². The predicted octanol–water partition coefficient (Wildman–Crippen LogP) is 3.28. The number of sulfonamides is 1. The SMILES string of the molecule is C[C@H]1CN(S(=O)(=O)c2ccc(Oc3ccccc3)cc2)C[C@H](C)O1. The zero-order valence-corrected chi connectivity index (χ0v) is 14.6. The molecule has 3 rings (SSSR count). The Morgan fingerprint density at radius 3 is 2.04 bits per heavy atom. The van der Waals surface area contributed by atoms with Crippen LogP contribution in [0.15, 0.2) is 59.5 Å². The molecule has 1 aliphatic rings. The summed E-state index contributed by atoms with van der Waals surface area (Å²) in [5.41, 5.74) is 0. The Morgan fingerprint density at radius 2 is 1.46 bits per heavy atom. The maximum absolute atomic E-state index is 12.8. The molecule has 5 nitrogen and oxygen atoms in total. The Balaban J connectivity index is 1.77. The summed E-state index contributed by atoms with van der Waals surface area (Å²) in [7, 11) is -3.52. The fourth-order valence-electron chi connectivity index (χ4n) is 2.78. The van der Waals surface area contributed by atoms with Crippen molar-refractivity contribution in [2.24, 2.45) is 0 Å². The summed E-state index contributed by atoms with van der Waals surface area (Å²) in [4.78, 5) is 0.268. The van der Waals surface area contributed by atoms with Crippen molar-refractivity contribution in [3.63, 3.8) is 0 Å². The molecule has 0 radical (unpaired) electrons. The molecule has 6 heteroatoms. The second kappa shape index (κ2) is 6.93. The average molecular weight is 347 g/mol. The van der Waals surface area contributed by atoms with Crippen LogP contribution in [0.1, 0.15) is 13.8 Å². The first kappa shape index (κ1) is 17.0. The number of hydrogen-bond acceptors (Lipinski definition) is 4. The summed E-state index contributed by atoms with van der Waals surface area (Å²) >= 11 is 0. The normalized spacial score (nSPS) is 22.2. The van der Waals surface area contributed by atoms with Gasteiger partial charge in [0.1, 0.15) is 11.5 Å². The smallest absolute Gasteiger partial charge is 0.243 e. The molecule has 24 heavy (non-hydrogen) atoms. The first-order chi connectivity index (χ1) is 11.4. The number of benzene rings is 2. The second-order valence-corrected chi connectivity index (χ2v) is 7.90. The Kier molecular flexibility index (Phi) is 4.89. The van der Waals surface area contributed by atoms with Crippen molar-refractivity contribution in [3.8, 4) is 11.5 Å². The van der Waals surface area contributed by atoms with Crippen LogP contribution in [0.4, 0.5) is 0 Å². The van der Waals surface area contributed by atoms with Gasteiger partial charge in [-0.2, -0.15) is 4.31 Å². The van der Waals surface area contributed by atoms with E-state index < -0.39 is 10.0 Å². The lowest BCUT2D eigenvalue weighted by Gasteiger charge is -2.34. The van der Waals surface area contributed by atoms with Gasteiger partial charge in [0, 0.05) is 13.1 Å². The Labute approximate surface area is 142 Å². The van der Waals surface area contributed by atoms with Crippen LogP contribution in [0, 0.1) is 0 Å². The maximum Gasteiger partial charge on any atom is 0.243 e. The van der Waals surface area contributed by atoms with Crippen LogP contribution in [-0.2, 0) is 14.8 Å². The van der Waals surface area contributed by atoms with Crippen molar-refractivity contribution >= 4 is 10.0 Å². The van der Waals surface area contributed by atoms with Crippen LogP contribution in [0.3, 0.4) is 0 Å². The number of hydrogen-bond donors (Lipinski definition) is 0. The minimum absolute atomic E-state index is 0.107. The lowest BCUT2D eigenvalue weighted by atomic mass is 10.3. The minimum Gasteiger partial charge on any atom is -0.457 e. The van der Waals surface area contributed by atoms with Crippen LogP contribution in [0.2, 0.25) is 0 Å². The number of rotatable bonds is 4. The van der Waals surface area contributed by atoms with Crippen LogP contribution in [0.25, 0.3) is 0 Å². The van der Waals surface area contributed by atoms with E-state index in [1.54, 1.807) is 24.3 Å². The van der Waals surface area contributed by atoms with Gasteiger partial charge in [-0.1, -0.05) is 18.2 Å². The summed E-state index contributed by atoms with van der Waals surface area (Å²) in [6.07, 6.45) is -0.214. The molecule has 2 aromatic rings. The van der Waals surface area contributed by atoms with E-state index in [-0.39, 0.29) is 17.1 Å². The van der Waals surface area contributed by atoms with E-state index in [1.807, 2.05) is 44.2 Å². The van der Waals surface area contributed by atoms with Gasteiger partial charge >= 0.3 is 0 Å². The molecule has 1 fully saturated rings. The first-order valence-electron chi connectivity index (χ1n) is 7.94. The van der Waals surface area contributed by atoms with Crippen molar-refractivity contribution in [3.05, 3.63) is 54.6 Å². The van der Waals surface area contributed by atoms with Gasteiger partial charge in [0.25, 0.3) is 0 Å². The second-order valence-electron chi connectivity index (χ2n) is 5.97. The Morgan fingerprint density at radius 1 is 0.917 bits per heavy atom. The summed E-state index contributed by atoms with van der Waals surface area (Å²) in [5.74, 6) is 1.31. The molecule has 0 amide bonds. The van der Waals surface area contributed by atoms with Gasteiger partial charge in [-0.15, -0.1) is 0 Å². The molecular weight excluding hydrogens is 326 g/mol. The van der Waals surface area contributed by atoms with E-state index in [0.29, 0.717) is 24.6 Å². The third-order valence-corrected chi connectivity index (χ3v) is 5.67. The molecule has 0 aromatic heterocycles. The van der Waals surface area contributed by atoms with Crippen LogP contribution < -0.4 is 4.74 Å². The molecule has 1 heterocycles. The fraction of sp³-hybridized carbons (Fsp3) is 0.333. The predicted molar refractivity (Wildman–Crippen MR) is 91.7 cm³/mol. The quantitative estimate of drug-likeness (QED) is 0.852. The van der Waals surface area contributed by atoms with Gasteiger partial charge in [-0.25, -0.2) is 8.42 Å². The number of nitrogens with zero attached hydrogens (tertiary/aromatic N) is 1. The zero-order valence-electron chi connectivity index (χ0n) is 13.8. The number of morpholine rings is 1. The fourth-order valence-corrected chi connectivity index (χ4v) is 4.37. The molecule has 0 N–H and O–H groups in total. The molecule has 0 aliphatic carbocycles. The third-order valence-electron chi connectivity index (χ3n) is 3.83. The maximum atomic E-state index is 12.8. The van der Waals surface area contributed by atoms with Gasteiger partial charge in [0.2, 0.25) is 10.0 Å². The molecule has 1 aliphatic heterocycles. The highest BCUT2D eigenvalue weighted by molar-refractivity contribution is 7.89. The van der Waals surface area contributed by atoms with Gasteiger partial charge in [-0.3, -0.25) is 0 Å². The summed E-state index contributed by atoms with van der Waals surface area (Å²) in [5, 5.41) is 0. The van der Waals surface area contributed by atoms with E-state index in [0.717, 1.165) is 0 Å². The van der Waals surface area contributed by atoms with E-state index >= 15 is 0 Å². The summed E-state index contributed by atoms with van der Waals surface area (Å²) in [6.45, 7) is 4.51. The van der Waals surface area contributed by atoms with Crippen molar-refractivity contribution in [1.82, 2.24) is 4.31 Å². The topological polar surface area (TPSA) is 55.8 Å². The lowest BCUT2D eigenvalue weighted by Crippen LogP contribution is -2.48. The van der Waals surface area contributed by atoms with E-state index in [4.69, 9.17) is 9.47 Å². The molecule has 0 bridgehead atoms. The van der Waals surface area contributed by atoms with Crippen molar-refractivity contribution in [2.45, 2.75) is 31.0 Å². The van der Waals surface area contributed by atoms with Crippen molar-refractivity contribution < 1.29 is 17.9 Å².